The van der Waals surface area contributed by atoms with Crippen LogP contribution in [0.4, 0.5) is 0 Å². The molecule has 1 unspecified atom stereocenters. The molecule has 1 fully saturated rings. The molecule has 1 saturated carbocycles. The number of esters is 1. The standard InChI is InChI=1S/C12H21NO4/c1-4-17-11(14)7-12(8-13(15)16)5-9(2)10(3)6-12/h9-10H,4-8H2,1-3H3/t9-,10+,12?. The molecular weight excluding hydrogens is 222 g/mol. The summed E-state index contributed by atoms with van der Waals surface area (Å²) in [7, 11) is 0. The first kappa shape index (κ1) is 13.9. The maximum atomic E-state index is 11.6. The molecular formula is C12H21NO4. The number of rotatable bonds is 5. The molecule has 3 atom stereocenters. The molecule has 5 heteroatoms. The number of nitrogens with zero attached hydrogens (tertiary/aromatic N) is 1. The Labute approximate surface area is 102 Å². The van der Waals surface area contributed by atoms with Crippen molar-refractivity contribution >= 4 is 5.97 Å². The zero-order valence-electron chi connectivity index (χ0n) is 10.8. The van der Waals surface area contributed by atoms with Gasteiger partial charge in [0.15, 0.2) is 0 Å². The van der Waals surface area contributed by atoms with Crippen LogP contribution in [-0.2, 0) is 9.53 Å². The van der Waals surface area contributed by atoms with E-state index < -0.39 is 5.41 Å². The molecule has 1 aliphatic carbocycles. The van der Waals surface area contributed by atoms with Crippen LogP contribution in [0.1, 0.15) is 40.0 Å². The summed E-state index contributed by atoms with van der Waals surface area (Å²) in [4.78, 5) is 22.0. The van der Waals surface area contributed by atoms with Gasteiger partial charge < -0.3 is 4.74 Å². The largest absolute Gasteiger partial charge is 0.466 e. The average Bonchev–Trinajstić information content (AvgIpc) is 2.40. The lowest BCUT2D eigenvalue weighted by Crippen LogP contribution is -2.31. The number of carbonyl (C=O) groups excluding carboxylic acids is 1. The van der Waals surface area contributed by atoms with Gasteiger partial charge in [0.25, 0.3) is 0 Å². The van der Waals surface area contributed by atoms with Crippen molar-refractivity contribution in [3.05, 3.63) is 10.1 Å². The van der Waals surface area contributed by atoms with Crippen LogP contribution in [0.3, 0.4) is 0 Å². The lowest BCUT2D eigenvalue weighted by atomic mass is 9.81. The highest BCUT2D eigenvalue weighted by molar-refractivity contribution is 5.70. The van der Waals surface area contributed by atoms with Crippen molar-refractivity contribution < 1.29 is 14.5 Å². The minimum atomic E-state index is -0.491. The van der Waals surface area contributed by atoms with Crippen molar-refractivity contribution in [3.63, 3.8) is 0 Å². The predicted molar refractivity (Wildman–Crippen MR) is 63.1 cm³/mol. The van der Waals surface area contributed by atoms with E-state index >= 15 is 0 Å². The third-order valence-corrected chi connectivity index (χ3v) is 3.77. The van der Waals surface area contributed by atoms with Crippen molar-refractivity contribution in [2.45, 2.75) is 40.0 Å². The normalized spacial score (nSPS) is 32.4. The third kappa shape index (κ3) is 3.68. The van der Waals surface area contributed by atoms with Crippen molar-refractivity contribution in [3.8, 4) is 0 Å². The fourth-order valence-electron chi connectivity index (χ4n) is 2.97. The topological polar surface area (TPSA) is 69.4 Å². The predicted octanol–water partition coefficient (Wildman–Crippen LogP) is 2.27. The number of hydrogen-bond acceptors (Lipinski definition) is 4. The van der Waals surface area contributed by atoms with E-state index in [0.29, 0.717) is 18.4 Å². The van der Waals surface area contributed by atoms with Gasteiger partial charge in [-0.2, -0.15) is 0 Å². The molecule has 0 aliphatic heterocycles. The van der Waals surface area contributed by atoms with Gasteiger partial charge in [-0.1, -0.05) is 13.8 Å². The maximum Gasteiger partial charge on any atom is 0.306 e. The number of nitro groups is 1. The fraction of sp³-hybridized carbons (Fsp3) is 0.917. The first-order chi connectivity index (χ1) is 7.88. The van der Waals surface area contributed by atoms with Crippen LogP contribution in [0.2, 0.25) is 0 Å². The Morgan fingerprint density at radius 2 is 1.94 bits per heavy atom. The average molecular weight is 243 g/mol. The molecule has 0 bridgehead atoms. The monoisotopic (exact) mass is 243 g/mol. The van der Waals surface area contributed by atoms with E-state index in [4.69, 9.17) is 4.74 Å². The van der Waals surface area contributed by atoms with E-state index in [-0.39, 0.29) is 23.9 Å². The highest BCUT2D eigenvalue weighted by atomic mass is 16.6. The van der Waals surface area contributed by atoms with Crippen LogP contribution in [-0.4, -0.2) is 24.0 Å². The van der Waals surface area contributed by atoms with Crippen LogP contribution in [0.5, 0.6) is 0 Å². The number of ether oxygens (including phenoxy) is 1. The summed E-state index contributed by atoms with van der Waals surface area (Å²) in [5, 5.41) is 10.8. The van der Waals surface area contributed by atoms with E-state index in [2.05, 4.69) is 13.8 Å². The zero-order valence-corrected chi connectivity index (χ0v) is 10.8. The van der Waals surface area contributed by atoms with E-state index in [0.717, 1.165) is 12.8 Å². The van der Waals surface area contributed by atoms with E-state index in [1.165, 1.54) is 0 Å². The third-order valence-electron chi connectivity index (χ3n) is 3.77. The van der Waals surface area contributed by atoms with E-state index in [1.54, 1.807) is 6.92 Å². The summed E-state index contributed by atoms with van der Waals surface area (Å²) in [5.74, 6) is 0.560. The van der Waals surface area contributed by atoms with Gasteiger partial charge >= 0.3 is 5.97 Å². The van der Waals surface area contributed by atoms with Gasteiger partial charge in [-0.25, -0.2) is 0 Å². The van der Waals surface area contributed by atoms with Gasteiger partial charge in [0, 0.05) is 10.3 Å². The lowest BCUT2D eigenvalue weighted by molar-refractivity contribution is -0.497. The smallest absolute Gasteiger partial charge is 0.306 e. The van der Waals surface area contributed by atoms with Crippen LogP contribution >= 0.6 is 0 Å². The van der Waals surface area contributed by atoms with Crippen molar-refractivity contribution in [1.29, 1.82) is 0 Å². The Balaban J connectivity index is 2.73. The zero-order chi connectivity index (χ0) is 13.1. The van der Waals surface area contributed by atoms with Gasteiger partial charge in [0.2, 0.25) is 6.54 Å². The van der Waals surface area contributed by atoms with Crippen LogP contribution in [0.15, 0.2) is 0 Å². The van der Waals surface area contributed by atoms with E-state index in [9.17, 15) is 14.9 Å². The van der Waals surface area contributed by atoms with Gasteiger partial charge in [-0.3, -0.25) is 14.9 Å². The molecule has 0 radical (unpaired) electrons. The highest BCUT2D eigenvalue weighted by Gasteiger charge is 2.47. The second-order valence-electron chi connectivity index (χ2n) is 5.34. The Hall–Kier alpha value is -1.13. The Morgan fingerprint density at radius 1 is 1.41 bits per heavy atom. The van der Waals surface area contributed by atoms with Gasteiger partial charge in [0.1, 0.15) is 0 Å². The molecule has 1 rings (SSSR count). The second kappa shape index (κ2) is 5.47. The summed E-state index contributed by atoms with van der Waals surface area (Å²) in [6.07, 6.45) is 1.67. The molecule has 0 spiro atoms. The molecule has 0 aromatic heterocycles. The van der Waals surface area contributed by atoms with Crippen molar-refractivity contribution in [1.82, 2.24) is 0 Å². The molecule has 0 aromatic carbocycles. The molecule has 0 saturated heterocycles. The summed E-state index contributed by atoms with van der Waals surface area (Å²) in [5.41, 5.74) is -0.491. The second-order valence-corrected chi connectivity index (χ2v) is 5.34. The van der Waals surface area contributed by atoms with Gasteiger partial charge in [0.05, 0.1) is 13.0 Å². The Kier molecular flexibility index (Phi) is 4.48. The minimum Gasteiger partial charge on any atom is -0.466 e. The summed E-state index contributed by atoms with van der Waals surface area (Å²) >= 11 is 0. The Bertz CT molecular complexity index is 293. The van der Waals surface area contributed by atoms with Crippen molar-refractivity contribution in [2.75, 3.05) is 13.2 Å². The molecule has 17 heavy (non-hydrogen) atoms. The molecule has 98 valence electrons. The molecule has 0 amide bonds. The van der Waals surface area contributed by atoms with Gasteiger partial charge in [-0.15, -0.1) is 0 Å². The SMILES string of the molecule is CCOC(=O)CC1(C[N+](=O)[O-])C[C@@H](C)[C@@H](C)C1. The van der Waals surface area contributed by atoms with Crippen LogP contribution in [0.25, 0.3) is 0 Å². The molecule has 0 heterocycles. The van der Waals surface area contributed by atoms with E-state index in [1.807, 2.05) is 0 Å². The molecule has 0 N–H and O–H groups in total. The number of hydrogen-bond donors (Lipinski definition) is 0. The molecule has 1 aliphatic rings. The molecule has 0 aromatic rings. The first-order valence-corrected chi connectivity index (χ1v) is 6.16. The van der Waals surface area contributed by atoms with Crippen molar-refractivity contribution in [2.24, 2.45) is 17.3 Å². The summed E-state index contributed by atoms with van der Waals surface area (Å²) < 4.78 is 4.92. The number of carbonyl (C=O) groups is 1. The maximum absolute atomic E-state index is 11.6. The summed E-state index contributed by atoms with van der Waals surface area (Å²) in [6.45, 7) is 6.14. The highest BCUT2D eigenvalue weighted by Crippen LogP contribution is 2.47. The van der Waals surface area contributed by atoms with Crippen LogP contribution < -0.4 is 0 Å². The minimum absolute atomic E-state index is 0.125. The fourth-order valence-corrected chi connectivity index (χ4v) is 2.97. The quantitative estimate of drug-likeness (QED) is 0.422. The first-order valence-electron chi connectivity index (χ1n) is 6.16. The van der Waals surface area contributed by atoms with Gasteiger partial charge in [-0.05, 0) is 31.6 Å². The summed E-state index contributed by atoms with van der Waals surface area (Å²) in [6, 6.07) is 0. The Morgan fingerprint density at radius 3 is 2.35 bits per heavy atom. The lowest BCUT2D eigenvalue weighted by Gasteiger charge is -2.23. The molecule has 5 nitrogen and oxygen atoms in total. The van der Waals surface area contributed by atoms with Crippen LogP contribution in [0, 0.1) is 27.4 Å².